The zero-order valence-corrected chi connectivity index (χ0v) is 14.2. The number of ether oxygens (including phenoxy) is 1. The second-order valence-electron chi connectivity index (χ2n) is 7.15. The standard InChI is InChI=1S/C16H31N3O2/c1-6-21-14(20)16(17-4)8-7-13(11-16)19-10-9-18(5)15(2,3)12-19/h13,17H,6-12H2,1-5H3. The first-order valence-corrected chi connectivity index (χ1v) is 8.16. The molecule has 21 heavy (non-hydrogen) atoms. The van der Waals surface area contributed by atoms with Crippen molar-refractivity contribution in [1.29, 1.82) is 0 Å². The molecule has 1 aliphatic carbocycles. The summed E-state index contributed by atoms with van der Waals surface area (Å²) in [6, 6.07) is 0.481. The van der Waals surface area contributed by atoms with E-state index < -0.39 is 5.54 Å². The molecule has 0 spiro atoms. The van der Waals surface area contributed by atoms with Crippen molar-refractivity contribution >= 4 is 5.97 Å². The van der Waals surface area contributed by atoms with Crippen LogP contribution in [0.4, 0.5) is 0 Å². The third-order valence-electron chi connectivity index (χ3n) is 5.50. The molecule has 5 heteroatoms. The van der Waals surface area contributed by atoms with Crippen LogP contribution in [0.1, 0.15) is 40.0 Å². The molecule has 0 aromatic heterocycles. The van der Waals surface area contributed by atoms with E-state index in [2.05, 4.69) is 36.0 Å². The molecule has 2 atom stereocenters. The number of likely N-dealkylation sites (N-methyl/N-ethyl adjacent to an activating group) is 2. The van der Waals surface area contributed by atoms with E-state index in [0.717, 1.165) is 38.9 Å². The molecule has 0 aromatic rings. The molecule has 2 rings (SSSR count). The summed E-state index contributed by atoms with van der Waals surface area (Å²) in [4.78, 5) is 17.3. The van der Waals surface area contributed by atoms with Crippen molar-refractivity contribution in [2.45, 2.75) is 57.2 Å². The van der Waals surface area contributed by atoms with Gasteiger partial charge >= 0.3 is 5.97 Å². The van der Waals surface area contributed by atoms with Crippen LogP contribution in [0.15, 0.2) is 0 Å². The Hall–Kier alpha value is -0.650. The van der Waals surface area contributed by atoms with Crippen LogP contribution in [0, 0.1) is 0 Å². The minimum Gasteiger partial charge on any atom is -0.465 e. The molecular weight excluding hydrogens is 266 g/mol. The minimum atomic E-state index is -0.478. The molecule has 1 N–H and O–H groups in total. The lowest BCUT2D eigenvalue weighted by atomic mass is 9.95. The fourth-order valence-electron chi connectivity index (χ4n) is 3.70. The van der Waals surface area contributed by atoms with Crippen molar-refractivity contribution in [3.63, 3.8) is 0 Å². The van der Waals surface area contributed by atoms with Crippen LogP contribution < -0.4 is 5.32 Å². The molecule has 1 heterocycles. The summed E-state index contributed by atoms with van der Waals surface area (Å²) >= 11 is 0. The van der Waals surface area contributed by atoms with Gasteiger partial charge in [-0.2, -0.15) is 0 Å². The number of nitrogens with one attached hydrogen (secondary N) is 1. The first kappa shape index (κ1) is 16.7. The Bertz CT molecular complexity index is 386. The molecule has 2 fully saturated rings. The molecule has 122 valence electrons. The number of hydrogen-bond donors (Lipinski definition) is 1. The van der Waals surface area contributed by atoms with E-state index in [0.29, 0.717) is 12.6 Å². The van der Waals surface area contributed by atoms with Gasteiger partial charge in [-0.25, -0.2) is 0 Å². The van der Waals surface area contributed by atoms with Crippen LogP contribution in [0.25, 0.3) is 0 Å². The van der Waals surface area contributed by atoms with E-state index in [1.807, 2.05) is 14.0 Å². The van der Waals surface area contributed by atoms with E-state index in [1.54, 1.807) is 0 Å². The number of carbonyl (C=O) groups is 1. The van der Waals surface area contributed by atoms with E-state index in [1.165, 1.54) is 0 Å². The second-order valence-corrected chi connectivity index (χ2v) is 7.15. The average molecular weight is 297 g/mol. The number of hydrogen-bond acceptors (Lipinski definition) is 5. The summed E-state index contributed by atoms with van der Waals surface area (Å²) in [5.41, 5.74) is -0.277. The highest BCUT2D eigenvalue weighted by Crippen LogP contribution is 2.35. The molecule has 0 aromatic carbocycles. The van der Waals surface area contributed by atoms with E-state index in [-0.39, 0.29) is 11.5 Å². The van der Waals surface area contributed by atoms with Crippen LogP contribution in [-0.4, -0.2) is 73.2 Å². The Labute approximate surface area is 129 Å². The van der Waals surface area contributed by atoms with Gasteiger partial charge in [-0.1, -0.05) is 0 Å². The number of carbonyl (C=O) groups excluding carboxylic acids is 1. The second kappa shape index (κ2) is 6.23. The van der Waals surface area contributed by atoms with Gasteiger partial charge in [0.15, 0.2) is 0 Å². The lowest BCUT2D eigenvalue weighted by molar-refractivity contribution is -0.151. The lowest BCUT2D eigenvalue weighted by Gasteiger charge is -2.47. The summed E-state index contributed by atoms with van der Waals surface area (Å²) in [7, 11) is 4.08. The number of rotatable bonds is 4. The smallest absolute Gasteiger partial charge is 0.326 e. The number of piperazine rings is 1. The maximum absolute atomic E-state index is 12.3. The topological polar surface area (TPSA) is 44.8 Å². The third-order valence-corrected chi connectivity index (χ3v) is 5.50. The lowest BCUT2D eigenvalue weighted by Crippen LogP contribution is -2.60. The van der Waals surface area contributed by atoms with Gasteiger partial charge in [-0.05, 0) is 54.1 Å². The first-order valence-electron chi connectivity index (χ1n) is 8.16. The van der Waals surface area contributed by atoms with Crippen LogP contribution in [-0.2, 0) is 9.53 Å². The Balaban J connectivity index is 2.03. The summed E-state index contributed by atoms with van der Waals surface area (Å²) < 4.78 is 5.29. The van der Waals surface area contributed by atoms with Crippen LogP contribution in [0.5, 0.6) is 0 Å². The molecular formula is C16H31N3O2. The summed E-state index contributed by atoms with van der Waals surface area (Å²) in [5.74, 6) is -0.0802. The van der Waals surface area contributed by atoms with Crippen LogP contribution >= 0.6 is 0 Å². The molecule has 2 aliphatic rings. The van der Waals surface area contributed by atoms with Gasteiger partial charge in [0, 0.05) is 31.2 Å². The Morgan fingerprint density at radius 2 is 2.10 bits per heavy atom. The van der Waals surface area contributed by atoms with Crippen molar-refractivity contribution < 1.29 is 9.53 Å². The highest BCUT2D eigenvalue weighted by molar-refractivity contribution is 5.81. The van der Waals surface area contributed by atoms with Gasteiger partial charge in [0.05, 0.1) is 6.61 Å². The SMILES string of the molecule is CCOC(=O)C1(NC)CCC(N2CCN(C)C(C)(C)C2)C1. The minimum absolute atomic E-state index is 0.0802. The summed E-state index contributed by atoms with van der Waals surface area (Å²) in [6.45, 7) is 10.2. The number of esters is 1. The quantitative estimate of drug-likeness (QED) is 0.787. The monoisotopic (exact) mass is 297 g/mol. The molecule has 2 unspecified atom stereocenters. The molecule has 0 amide bonds. The molecule has 1 aliphatic heterocycles. The average Bonchev–Trinajstić information content (AvgIpc) is 2.88. The highest BCUT2D eigenvalue weighted by Gasteiger charge is 2.48. The third kappa shape index (κ3) is 3.25. The van der Waals surface area contributed by atoms with Gasteiger partial charge in [0.25, 0.3) is 0 Å². The van der Waals surface area contributed by atoms with Crippen LogP contribution in [0.2, 0.25) is 0 Å². The molecule has 0 radical (unpaired) electrons. The maximum atomic E-state index is 12.3. The van der Waals surface area contributed by atoms with Gasteiger partial charge < -0.3 is 10.1 Å². The van der Waals surface area contributed by atoms with Gasteiger partial charge in [0.1, 0.15) is 5.54 Å². The normalized spacial score (nSPS) is 34.0. The van der Waals surface area contributed by atoms with Crippen molar-refractivity contribution in [2.24, 2.45) is 0 Å². The molecule has 1 saturated carbocycles. The molecule has 0 bridgehead atoms. The zero-order valence-electron chi connectivity index (χ0n) is 14.2. The summed E-state index contributed by atoms with van der Waals surface area (Å²) in [5, 5.41) is 3.25. The Kier molecular flexibility index (Phi) is 4.96. The molecule has 5 nitrogen and oxygen atoms in total. The Morgan fingerprint density at radius 3 is 2.67 bits per heavy atom. The van der Waals surface area contributed by atoms with Crippen LogP contribution in [0.3, 0.4) is 0 Å². The van der Waals surface area contributed by atoms with E-state index in [9.17, 15) is 4.79 Å². The predicted molar refractivity (Wildman–Crippen MR) is 84.3 cm³/mol. The maximum Gasteiger partial charge on any atom is 0.326 e. The predicted octanol–water partition coefficient (Wildman–Crippen LogP) is 1.09. The first-order chi connectivity index (χ1) is 9.84. The van der Waals surface area contributed by atoms with Crippen molar-refractivity contribution in [2.75, 3.05) is 40.3 Å². The Morgan fingerprint density at radius 1 is 1.38 bits per heavy atom. The number of nitrogens with zero attached hydrogens (tertiary/aromatic N) is 2. The fraction of sp³-hybridized carbons (Fsp3) is 0.938. The van der Waals surface area contributed by atoms with Gasteiger partial charge in [-0.15, -0.1) is 0 Å². The highest BCUT2D eigenvalue weighted by atomic mass is 16.5. The summed E-state index contributed by atoms with van der Waals surface area (Å²) in [6.07, 6.45) is 2.81. The van der Waals surface area contributed by atoms with Crippen molar-refractivity contribution in [3.8, 4) is 0 Å². The van der Waals surface area contributed by atoms with Crippen molar-refractivity contribution in [1.82, 2.24) is 15.1 Å². The van der Waals surface area contributed by atoms with E-state index in [4.69, 9.17) is 4.74 Å². The van der Waals surface area contributed by atoms with Gasteiger partial charge in [0.2, 0.25) is 0 Å². The molecule has 1 saturated heterocycles. The largest absolute Gasteiger partial charge is 0.465 e. The zero-order chi connectivity index (χ0) is 15.7. The fourth-order valence-corrected chi connectivity index (χ4v) is 3.70. The van der Waals surface area contributed by atoms with Crippen molar-refractivity contribution in [3.05, 3.63) is 0 Å². The van der Waals surface area contributed by atoms with Gasteiger partial charge in [-0.3, -0.25) is 14.6 Å². The van der Waals surface area contributed by atoms with E-state index >= 15 is 0 Å².